The molecule has 0 aliphatic heterocycles. The van der Waals surface area contributed by atoms with Gasteiger partial charge in [-0.2, -0.15) is 0 Å². The number of rotatable bonds is 7. The maximum Gasteiger partial charge on any atom is 0.147 e. The third-order valence-electron chi connectivity index (χ3n) is 3.77. The topological polar surface area (TPSA) is 59.5 Å². The number of aromatic amines is 1. The molecule has 0 bridgehead atoms. The molecule has 7 heteroatoms. The molecule has 0 saturated heterocycles. The molecule has 2 aromatic carbocycles. The maximum absolute atomic E-state index is 14.1. The summed E-state index contributed by atoms with van der Waals surface area (Å²) in [7, 11) is 0. The average Bonchev–Trinajstić information content (AvgIpc) is 2.98. The van der Waals surface area contributed by atoms with Crippen molar-refractivity contribution in [3.8, 4) is 5.75 Å². The lowest BCUT2D eigenvalue weighted by Crippen LogP contribution is -2.04. The van der Waals surface area contributed by atoms with E-state index >= 15 is 0 Å². The highest BCUT2D eigenvalue weighted by Crippen LogP contribution is 2.23. The molecule has 0 fully saturated rings. The van der Waals surface area contributed by atoms with Crippen LogP contribution in [-0.2, 0) is 11.3 Å². The van der Waals surface area contributed by atoms with Crippen molar-refractivity contribution in [2.75, 3.05) is 13.2 Å². The van der Waals surface area contributed by atoms with Gasteiger partial charge in [0.05, 0.1) is 23.9 Å². The third-order valence-corrected chi connectivity index (χ3v) is 3.77. The van der Waals surface area contributed by atoms with Crippen LogP contribution in [0.4, 0.5) is 8.78 Å². The van der Waals surface area contributed by atoms with Gasteiger partial charge in [0, 0.05) is 6.42 Å². The second-order valence-corrected chi connectivity index (χ2v) is 5.70. The second-order valence-electron chi connectivity index (χ2n) is 5.70. The van der Waals surface area contributed by atoms with Crippen molar-refractivity contribution in [2.24, 2.45) is 5.16 Å². The highest BCUT2D eigenvalue weighted by Gasteiger charge is 2.11. The van der Waals surface area contributed by atoms with E-state index in [1.165, 1.54) is 12.1 Å². The Morgan fingerprint density at radius 3 is 2.73 bits per heavy atom. The Bertz CT molecular complexity index is 915. The van der Waals surface area contributed by atoms with Gasteiger partial charge in [0.15, 0.2) is 0 Å². The van der Waals surface area contributed by atoms with Crippen LogP contribution in [0.25, 0.3) is 11.0 Å². The van der Waals surface area contributed by atoms with Crippen molar-refractivity contribution in [1.29, 1.82) is 0 Å². The van der Waals surface area contributed by atoms with Gasteiger partial charge >= 0.3 is 0 Å². The van der Waals surface area contributed by atoms with E-state index < -0.39 is 11.6 Å². The summed E-state index contributed by atoms with van der Waals surface area (Å²) >= 11 is 0. The number of nitrogens with one attached hydrogen (secondary N) is 1. The van der Waals surface area contributed by atoms with Crippen molar-refractivity contribution in [2.45, 2.75) is 20.3 Å². The van der Waals surface area contributed by atoms with E-state index in [9.17, 15) is 8.78 Å². The Morgan fingerprint density at radius 1 is 1.23 bits per heavy atom. The van der Waals surface area contributed by atoms with E-state index in [0.717, 1.165) is 23.1 Å². The third kappa shape index (κ3) is 3.99. The Hall–Kier alpha value is -2.96. The number of halogens is 2. The molecular weight excluding hydrogens is 340 g/mol. The van der Waals surface area contributed by atoms with Crippen LogP contribution in [0.5, 0.6) is 5.75 Å². The number of para-hydroxylation sites is 1. The first-order chi connectivity index (χ1) is 12.6. The number of ether oxygens (including phenoxy) is 1. The van der Waals surface area contributed by atoms with Gasteiger partial charge in [-0.1, -0.05) is 11.2 Å². The summed E-state index contributed by atoms with van der Waals surface area (Å²) in [6.07, 6.45) is 1.39. The molecule has 3 rings (SSSR count). The van der Waals surface area contributed by atoms with Gasteiger partial charge in [-0.3, -0.25) is 0 Å². The number of benzene rings is 2. The first kappa shape index (κ1) is 17.8. The lowest BCUT2D eigenvalue weighted by atomic mass is 10.1. The lowest BCUT2D eigenvalue weighted by Gasteiger charge is -2.08. The Kier molecular flexibility index (Phi) is 5.46. The van der Waals surface area contributed by atoms with Crippen molar-refractivity contribution < 1.29 is 18.4 Å². The van der Waals surface area contributed by atoms with Gasteiger partial charge in [-0.15, -0.1) is 0 Å². The predicted molar refractivity (Wildman–Crippen MR) is 95.6 cm³/mol. The van der Waals surface area contributed by atoms with E-state index in [1.807, 2.05) is 25.1 Å². The summed E-state index contributed by atoms with van der Waals surface area (Å²) in [5, 5.41) is 3.50. The zero-order chi connectivity index (χ0) is 18.5. The van der Waals surface area contributed by atoms with Crippen LogP contribution in [0.3, 0.4) is 0 Å². The molecule has 0 aliphatic rings. The Labute approximate surface area is 149 Å². The SMILES string of the molecule is CCON=Cc1c(F)cc(CCOc2cccc3[nH]c(C)nc23)cc1F. The van der Waals surface area contributed by atoms with Crippen molar-refractivity contribution in [3.63, 3.8) is 0 Å². The molecule has 136 valence electrons. The summed E-state index contributed by atoms with van der Waals surface area (Å²) in [6, 6.07) is 8.14. The van der Waals surface area contributed by atoms with Crippen molar-refractivity contribution in [1.82, 2.24) is 9.97 Å². The normalized spacial score (nSPS) is 11.4. The summed E-state index contributed by atoms with van der Waals surface area (Å²) in [5.74, 6) is 0.0553. The standard InChI is InChI=1S/C19H19F2N3O2/c1-3-26-22-11-14-15(20)9-13(10-16(14)21)7-8-25-18-6-4-5-17-19(18)24-12(2)23-17/h4-6,9-11H,3,7-8H2,1-2H3,(H,23,24). The molecular formula is C19H19F2N3O2. The van der Waals surface area contributed by atoms with Crippen LogP contribution >= 0.6 is 0 Å². The minimum Gasteiger partial charge on any atom is -0.491 e. The highest BCUT2D eigenvalue weighted by molar-refractivity contribution is 5.81. The zero-order valence-corrected chi connectivity index (χ0v) is 14.6. The fourth-order valence-electron chi connectivity index (χ4n) is 2.59. The van der Waals surface area contributed by atoms with Crippen molar-refractivity contribution in [3.05, 3.63) is 58.9 Å². The van der Waals surface area contributed by atoms with E-state index in [2.05, 4.69) is 15.1 Å². The molecule has 3 aromatic rings. The molecule has 0 atom stereocenters. The van der Waals surface area contributed by atoms with E-state index in [4.69, 9.17) is 9.57 Å². The minimum absolute atomic E-state index is 0.222. The Morgan fingerprint density at radius 2 is 2.00 bits per heavy atom. The smallest absolute Gasteiger partial charge is 0.147 e. The summed E-state index contributed by atoms with van der Waals surface area (Å²) in [6.45, 7) is 4.21. The van der Waals surface area contributed by atoms with Gasteiger partial charge in [0.2, 0.25) is 0 Å². The zero-order valence-electron chi connectivity index (χ0n) is 14.6. The van der Waals surface area contributed by atoms with E-state index in [0.29, 0.717) is 24.3 Å². The average molecular weight is 359 g/mol. The van der Waals surface area contributed by atoms with Crippen LogP contribution in [0, 0.1) is 18.6 Å². The number of fused-ring (bicyclic) bond motifs is 1. The molecule has 1 N–H and O–H groups in total. The monoisotopic (exact) mass is 359 g/mol. The van der Waals surface area contributed by atoms with Gasteiger partial charge in [-0.25, -0.2) is 13.8 Å². The summed E-state index contributed by atoms with van der Waals surface area (Å²) in [5.41, 5.74) is 1.90. The highest BCUT2D eigenvalue weighted by atomic mass is 19.1. The molecule has 1 heterocycles. The van der Waals surface area contributed by atoms with Gasteiger partial charge < -0.3 is 14.6 Å². The number of nitrogens with zero attached hydrogens (tertiary/aromatic N) is 2. The van der Waals surface area contributed by atoms with Crippen LogP contribution in [0.15, 0.2) is 35.5 Å². The number of oxime groups is 1. The number of aryl methyl sites for hydroxylation is 1. The second kappa shape index (κ2) is 7.95. The molecule has 1 aromatic heterocycles. The van der Waals surface area contributed by atoms with Crippen LogP contribution in [0.1, 0.15) is 23.9 Å². The quantitative estimate of drug-likeness (QED) is 0.509. The predicted octanol–water partition coefficient (Wildman–Crippen LogP) is 4.14. The lowest BCUT2D eigenvalue weighted by molar-refractivity contribution is 0.160. The van der Waals surface area contributed by atoms with Crippen LogP contribution in [-0.4, -0.2) is 29.4 Å². The molecule has 0 amide bonds. The molecule has 5 nitrogen and oxygen atoms in total. The Balaban J connectivity index is 1.68. The largest absolute Gasteiger partial charge is 0.491 e. The van der Waals surface area contributed by atoms with E-state index in [1.54, 1.807) is 6.92 Å². The van der Waals surface area contributed by atoms with Gasteiger partial charge in [-0.05, 0) is 43.7 Å². The maximum atomic E-state index is 14.1. The number of imidazole rings is 1. The molecule has 0 unspecified atom stereocenters. The molecule has 0 radical (unpaired) electrons. The number of hydrogen-bond acceptors (Lipinski definition) is 4. The molecule has 0 spiro atoms. The van der Waals surface area contributed by atoms with Crippen molar-refractivity contribution >= 4 is 17.2 Å². The van der Waals surface area contributed by atoms with Crippen LogP contribution in [0.2, 0.25) is 0 Å². The summed E-state index contributed by atoms with van der Waals surface area (Å²) < 4.78 is 33.9. The molecule has 26 heavy (non-hydrogen) atoms. The van der Waals surface area contributed by atoms with Crippen LogP contribution < -0.4 is 4.74 Å². The first-order valence-electron chi connectivity index (χ1n) is 8.30. The fraction of sp³-hybridized carbons (Fsp3) is 0.263. The fourth-order valence-corrected chi connectivity index (χ4v) is 2.59. The first-order valence-corrected chi connectivity index (χ1v) is 8.30. The number of hydrogen-bond donors (Lipinski definition) is 1. The van der Waals surface area contributed by atoms with Gasteiger partial charge in [0.25, 0.3) is 0 Å². The molecule has 0 aliphatic carbocycles. The minimum atomic E-state index is -0.687. The number of H-pyrrole nitrogens is 1. The van der Waals surface area contributed by atoms with E-state index in [-0.39, 0.29) is 12.2 Å². The molecule has 0 saturated carbocycles. The summed E-state index contributed by atoms with van der Waals surface area (Å²) in [4.78, 5) is 12.3. The van der Waals surface area contributed by atoms with Gasteiger partial charge in [0.1, 0.15) is 35.3 Å². The number of aromatic nitrogens is 2.